The minimum absolute atomic E-state index is 0.00778. The van der Waals surface area contributed by atoms with E-state index in [1.54, 1.807) is 6.08 Å². The maximum Gasteiger partial charge on any atom is 0.305 e. The molecule has 0 saturated heterocycles. The average Bonchev–Trinajstić information content (AvgIpc) is 2.50. The SMILES string of the molecule is C=CCC1C(=O)CCC1CC(=O)OC. The van der Waals surface area contributed by atoms with E-state index in [0.717, 1.165) is 6.42 Å². The van der Waals surface area contributed by atoms with E-state index in [4.69, 9.17) is 0 Å². The van der Waals surface area contributed by atoms with Crippen LogP contribution >= 0.6 is 0 Å². The van der Waals surface area contributed by atoms with Crippen molar-refractivity contribution in [2.24, 2.45) is 11.8 Å². The van der Waals surface area contributed by atoms with Crippen molar-refractivity contribution in [1.29, 1.82) is 0 Å². The van der Waals surface area contributed by atoms with Crippen LogP contribution in [0.5, 0.6) is 0 Å². The molecule has 0 spiro atoms. The molecule has 0 heterocycles. The predicted molar refractivity (Wildman–Crippen MR) is 52.7 cm³/mol. The molecule has 0 amide bonds. The van der Waals surface area contributed by atoms with E-state index in [9.17, 15) is 9.59 Å². The fourth-order valence-corrected chi connectivity index (χ4v) is 2.02. The Kier molecular flexibility index (Phi) is 3.86. The third-order valence-electron chi connectivity index (χ3n) is 2.82. The fraction of sp³-hybridized carbons (Fsp3) is 0.636. The lowest BCUT2D eigenvalue weighted by Crippen LogP contribution is -2.17. The van der Waals surface area contributed by atoms with Crippen molar-refractivity contribution in [2.45, 2.75) is 25.7 Å². The highest BCUT2D eigenvalue weighted by Crippen LogP contribution is 2.34. The second-order valence-corrected chi connectivity index (χ2v) is 3.68. The molecule has 0 N–H and O–H groups in total. The van der Waals surface area contributed by atoms with Crippen LogP contribution in [0.15, 0.2) is 12.7 Å². The summed E-state index contributed by atoms with van der Waals surface area (Å²) in [6.07, 6.45) is 4.20. The summed E-state index contributed by atoms with van der Waals surface area (Å²) in [6.45, 7) is 3.62. The van der Waals surface area contributed by atoms with E-state index >= 15 is 0 Å². The van der Waals surface area contributed by atoms with Crippen LogP contribution in [-0.2, 0) is 14.3 Å². The van der Waals surface area contributed by atoms with Crippen LogP contribution in [0.4, 0.5) is 0 Å². The standard InChI is InChI=1S/C11H16O3/c1-3-4-9-8(5-6-10(9)12)7-11(13)14-2/h3,8-9H,1,4-7H2,2H3. The van der Waals surface area contributed by atoms with Crippen molar-refractivity contribution in [3.8, 4) is 0 Å². The van der Waals surface area contributed by atoms with Gasteiger partial charge in [-0.25, -0.2) is 0 Å². The van der Waals surface area contributed by atoms with E-state index in [1.165, 1.54) is 7.11 Å². The molecule has 0 aromatic heterocycles. The Balaban J connectivity index is 2.55. The molecular weight excluding hydrogens is 180 g/mol. The molecule has 3 nitrogen and oxygen atoms in total. The molecule has 0 aromatic rings. The second kappa shape index (κ2) is 4.94. The zero-order chi connectivity index (χ0) is 10.6. The summed E-state index contributed by atoms with van der Waals surface area (Å²) in [7, 11) is 1.38. The van der Waals surface area contributed by atoms with E-state index in [-0.39, 0.29) is 23.6 Å². The molecule has 14 heavy (non-hydrogen) atoms. The van der Waals surface area contributed by atoms with Crippen LogP contribution in [0, 0.1) is 11.8 Å². The van der Waals surface area contributed by atoms with Gasteiger partial charge in [-0.3, -0.25) is 9.59 Å². The van der Waals surface area contributed by atoms with E-state index in [1.807, 2.05) is 0 Å². The zero-order valence-corrected chi connectivity index (χ0v) is 8.49. The monoisotopic (exact) mass is 196 g/mol. The maximum atomic E-state index is 11.4. The Morgan fingerprint density at radius 1 is 1.71 bits per heavy atom. The van der Waals surface area contributed by atoms with Gasteiger partial charge in [0, 0.05) is 18.8 Å². The number of carbonyl (C=O) groups excluding carboxylic acids is 2. The zero-order valence-electron chi connectivity index (χ0n) is 8.49. The molecule has 0 aromatic carbocycles. The van der Waals surface area contributed by atoms with Crippen LogP contribution in [0.25, 0.3) is 0 Å². The minimum Gasteiger partial charge on any atom is -0.469 e. The molecule has 0 bridgehead atoms. The Morgan fingerprint density at radius 3 is 3.00 bits per heavy atom. The van der Waals surface area contributed by atoms with Crippen molar-refractivity contribution in [3.63, 3.8) is 0 Å². The van der Waals surface area contributed by atoms with Gasteiger partial charge in [-0.2, -0.15) is 0 Å². The molecule has 2 unspecified atom stereocenters. The molecule has 3 heteroatoms. The third kappa shape index (κ3) is 2.44. The highest BCUT2D eigenvalue weighted by Gasteiger charge is 2.34. The Labute approximate surface area is 84.1 Å². The molecule has 1 aliphatic carbocycles. The van der Waals surface area contributed by atoms with Crippen LogP contribution in [0.1, 0.15) is 25.7 Å². The van der Waals surface area contributed by atoms with Gasteiger partial charge in [0.15, 0.2) is 0 Å². The largest absolute Gasteiger partial charge is 0.469 e. The quantitative estimate of drug-likeness (QED) is 0.508. The summed E-state index contributed by atoms with van der Waals surface area (Å²) >= 11 is 0. The Hall–Kier alpha value is -1.12. The van der Waals surface area contributed by atoms with Gasteiger partial charge in [0.05, 0.1) is 7.11 Å². The first-order valence-electron chi connectivity index (χ1n) is 4.89. The van der Waals surface area contributed by atoms with Gasteiger partial charge >= 0.3 is 5.97 Å². The summed E-state index contributed by atoms with van der Waals surface area (Å²) in [5.41, 5.74) is 0. The third-order valence-corrected chi connectivity index (χ3v) is 2.82. The van der Waals surface area contributed by atoms with Gasteiger partial charge < -0.3 is 4.74 Å². The first-order chi connectivity index (χ1) is 6.69. The molecule has 1 fully saturated rings. The van der Waals surface area contributed by atoms with Gasteiger partial charge in [0.25, 0.3) is 0 Å². The lowest BCUT2D eigenvalue weighted by atomic mass is 9.90. The number of ketones is 1. The van der Waals surface area contributed by atoms with E-state index < -0.39 is 0 Å². The van der Waals surface area contributed by atoms with Gasteiger partial charge in [0.1, 0.15) is 5.78 Å². The number of hydrogen-bond acceptors (Lipinski definition) is 3. The molecule has 0 aliphatic heterocycles. The number of ether oxygens (including phenoxy) is 1. The summed E-state index contributed by atoms with van der Waals surface area (Å²) in [5, 5.41) is 0. The number of methoxy groups -OCH3 is 1. The lowest BCUT2D eigenvalue weighted by molar-refractivity contribution is -0.142. The highest BCUT2D eigenvalue weighted by atomic mass is 16.5. The van der Waals surface area contributed by atoms with Crippen LogP contribution in [0.3, 0.4) is 0 Å². The molecule has 0 radical (unpaired) electrons. The van der Waals surface area contributed by atoms with Gasteiger partial charge in [0.2, 0.25) is 0 Å². The molecule has 78 valence electrons. The number of esters is 1. The lowest BCUT2D eigenvalue weighted by Gasteiger charge is -2.14. The van der Waals surface area contributed by atoms with E-state index in [0.29, 0.717) is 19.3 Å². The highest BCUT2D eigenvalue weighted by molar-refractivity contribution is 5.84. The Morgan fingerprint density at radius 2 is 2.43 bits per heavy atom. The van der Waals surface area contributed by atoms with Crippen molar-refractivity contribution in [3.05, 3.63) is 12.7 Å². The fourth-order valence-electron chi connectivity index (χ4n) is 2.02. The number of carbonyl (C=O) groups is 2. The van der Waals surface area contributed by atoms with Crippen molar-refractivity contribution in [2.75, 3.05) is 7.11 Å². The maximum absolute atomic E-state index is 11.4. The Bertz CT molecular complexity index is 245. The molecule has 1 rings (SSSR count). The number of allylic oxidation sites excluding steroid dienone is 1. The molecule has 1 saturated carbocycles. The summed E-state index contributed by atoms with van der Waals surface area (Å²) in [5.74, 6) is 0.192. The smallest absolute Gasteiger partial charge is 0.305 e. The summed E-state index contributed by atoms with van der Waals surface area (Å²) in [4.78, 5) is 22.5. The molecule has 2 atom stereocenters. The number of rotatable bonds is 4. The number of Topliss-reactive ketones (excluding diaryl/α,β-unsaturated/α-hetero) is 1. The van der Waals surface area contributed by atoms with Crippen molar-refractivity contribution in [1.82, 2.24) is 0 Å². The van der Waals surface area contributed by atoms with Gasteiger partial charge in [-0.1, -0.05) is 6.08 Å². The molecular formula is C11H16O3. The number of hydrogen-bond donors (Lipinski definition) is 0. The summed E-state index contributed by atoms with van der Waals surface area (Å²) in [6, 6.07) is 0. The topological polar surface area (TPSA) is 43.4 Å². The van der Waals surface area contributed by atoms with Crippen molar-refractivity contribution < 1.29 is 14.3 Å². The van der Waals surface area contributed by atoms with Crippen LogP contribution < -0.4 is 0 Å². The van der Waals surface area contributed by atoms with E-state index in [2.05, 4.69) is 11.3 Å². The van der Waals surface area contributed by atoms with Crippen LogP contribution in [-0.4, -0.2) is 18.9 Å². The average molecular weight is 196 g/mol. The van der Waals surface area contributed by atoms with Gasteiger partial charge in [-0.05, 0) is 18.8 Å². The normalized spacial score (nSPS) is 26.2. The van der Waals surface area contributed by atoms with Crippen LogP contribution in [0.2, 0.25) is 0 Å². The first kappa shape index (κ1) is 11.0. The predicted octanol–water partition coefficient (Wildman–Crippen LogP) is 1.72. The molecule has 1 aliphatic rings. The second-order valence-electron chi connectivity index (χ2n) is 3.68. The minimum atomic E-state index is -0.223. The first-order valence-corrected chi connectivity index (χ1v) is 4.89. The summed E-state index contributed by atoms with van der Waals surface area (Å²) < 4.78 is 4.60. The van der Waals surface area contributed by atoms with Gasteiger partial charge in [-0.15, -0.1) is 6.58 Å². The van der Waals surface area contributed by atoms with Crippen molar-refractivity contribution >= 4 is 11.8 Å².